The minimum Gasteiger partial charge on any atom is -0.455 e. The predicted molar refractivity (Wildman–Crippen MR) is 134 cm³/mol. The fraction of sp³-hybridized carbons (Fsp3) is 0.148. The van der Waals surface area contributed by atoms with Crippen molar-refractivity contribution < 1.29 is 14.3 Å². The minimum absolute atomic E-state index is 0.0825. The van der Waals surface area contributed by atoms with E-state index in [9.17, 15) is 9.59 Å². The maximum atomic E-state index is 11.3. The number of aromatic nitrogens is 3. The molecule has 2 N–H and O–H groups in total. The molecule has 4 rings (SSSR count). The number of hydrogen-bond acceptors (Lipinski definition) is 7. The molecule has 0 aliphatic carbocycles. The first-order valence-corrected chi connectivity index (χ1v) is 10.9. The van der Waals surface area contributed by atoms with Gasteiger partial charge in [0.2, 0.25) is 5.78 Å². The highest BCUT2D eigenvalue weighted by atomic mass is 16.5. The summed E-state index contributed by atoms with van der Waals surface area (Å²) in [5, 5.41) is 6.60. The third kappa shape index (κ3) is 5.97. The van der Waals surface area contributed by atoms with Gasteiger partial charge in [0.25, 0.3) is 5.91 Å². The van der Waals surface area contributed by atoms with Gasteiger partial charge >= 0.3 is 0 Å². The van der Waals surface area contributed by atoms with Crippen molar-refractivity contribution in [3.63, 3.8) is 0 Å². The topological polar surface area (TPSA) is 106 Å². The second kappa shape index (κ2) is 10.4. The summed E-state index contributed by atoms with van der Waals surface area (Å²) < 4.78 is 5.95. The Labute approximate surface area is 202 Å². The number of carbonyl (C=O) groups excluding carboxylic acids is 2. The maximum Gasteiger partial charge on any atom is 0.287 e. The first-order chi connectivity index (χ1) is 16.9. The van der Waals surface area contributed by atoms with E-state index in [1.54, 1.807) is 6.20 Å². The van der Waals surface area contributed by atoms with Gasteiger partial charge in [0.05, 0.1) is 18.3 Å². The number of anilines is 2. The zero-order valence-corrected chi connectivity index (χ0v) is 19.5. The molecular formula is C27H23N5O3. The molecule has 0 unspecified atom stereocenters. The first kappa shape index (κ1) is 23.4. The molecule has 8 heteroatoms. The van der Waals surface area contributed by atoms with Crippen molar-refractivity contribution in [2.45, 2.75) is 20.8 Å². The number of nitrogens with one attached hydrogen (secondary N) is 2. The zero-order valence-electron chi connectivity index (χ0n) is 19.5. The number of fused-ring (bicyclic) bond motifs is 1. The SMILES string of the molecule is CC(=O)C(=O)NCC#Cc1ccc2ncnc(Nc3ccc(Oc4ccc(C)nc4)c(C)c3)c2c1. The number of amides is 1. The van der Waals surface area contributed by atoms with E-state index in [1.807, 2.05) is 62.4 Å². The van der Waals surface area contributed by atoms with Crippen LogP contribution in [0.1, 0.15) is 23.7 Å². The predicted octanol–water partition coefficient (Wildman–Crippen LogP) is 4.23. The van der Waals surface area contributed by atoms with Gasteiger partial charge in [-0.25, -0.2) is 9.97 Å². The van der Waals surface area contributed by atoms with Gasteiger partial charge in [-0.15, -0.1) is 0 Å². The minimum atomic E-state index is -0.653. The zero-order chi connectivity index (χ0) is 24.8. The normalized spacial score (nSPS) is 10.3. The van der Waals surface area contributed by atoms with Gasteiger partial charge in [-0.05, 0) is 67.9 Å². The maximum absolute atomic E-state index is 11.3. The number of ketones is 1. The molecule has 0 spiro atoms. The fourth-order valence-corrected chi connectivity index (χ4v) is 3.25. The van der Waals surface area contributed by atoms with Crippen LogP contribution >= 0.6 is 0 Å². The molecule has 0 fully saturated rings. The van der Waals surface area contributed by atoms with Crippen molar-refractivity contribution in [1.82, 2.24) is 20.3 Å². The van der Waals surface area contributed by atoms with Gasteiger partial charge in [-0.2, -0.15) is 0 Å². The molecule has 174 valence electrons. The monoisotopic (exact) mass is 465 g/mol. The number of nitrogens with zero attached hydrogens (tertiary/aromatic N) is 3. The molecule has 0 bridgehead atoms. The molecule has 0 aliphatic rings. The summed E-state index contributed by atoms with van der Waals surface area (Å²) in [5.74, 6) is 6.68. The summed E-state index contributed by atoms with van der Waals surface area (Å²) in [6, 6.07) is 15.2. The van der Waals surface area contributed by atoms with Crippen molar-refractivity contribution in [2.24, 2.45) is 0 Å². The van der Waals surface area contributed by atoms with Crippen LogP contribution in [0.3, 0.4) is 0 Å². The van der Waals surface area contributed by atoms with Crippen LogP contribution in [0.25, 0.3) is 10.9 Å². The van der Waals surface area contributed by atoms with Gasteiger partial charge < -0.3 is 15.4 Å². The Morgan fingerprint density at radius 1 is 1.00 bits per heavy atom. The molecular weight excluding hydrogens is 442 g/mol. The lowest BCUT2D eigenvalue weighted by Gasteiger charge is -2.12. The summed E-state index contributed by atoms with van der Waals surface area (Å²) in [6.45, 7) is 5.19. The van der Waals surface area contributed by atoms with E-state index in [-0.39, 0.29) is 6.54 Å². The van der Waals surface area contributed by atoms with Gasteiger partial charge in [0.15, 0.2) is 0 Å². The van der Waals surface area contributed by atoms with E-state index in [1.165, 1.54) is 13.3 Å². The first-order valence-electron chi connectivity index (χ1n) is 10.9. The Morgan fingerprint density at radius 3 is 2.60 bits per heavy atom. The number of aryl methyl sites for hydroxylation is 2. The quantitative estimate of drug-likeness (QED) is 0.324. The smallest absolute Gasteiger partial charge is 0.287 e. The van der Waals surface area contributed by atoms with Crippen molar-refractivity contribution in [2.75, 3.05) is 11.9 Å². The Balaban J connectivity index is 1.52. The average Bonchev–Trinajstić information content (AvgIpc) is 2.85. The average molecular weight is 466 g/mol. The molecule has 0 saturated heterocycles. The largest absolute Gasteiger partial charge is 0.455 e. The van der Waals surface area contributed by atoms with E-state index < -0.39 is 11.7 Å². The number of ether oxygens (including phenoxy) is 1. The number of benzene rings is 2. The van der Waals surface area contributed by atoms with Crippen LogP contribution in [0.5, 0.6) is 11.5 Å². The number of carbonyl (C=O) groups is 2. The van der Waals surface area contributed by atoms with Crippen molar-refractivity contribution in [3.05, 3.63) is 77.9 Å². The van der Waals surface area contributed by atoms with Gasteiger partial charge in [0, 0.05) is 29.3 Å². The van der Waals surface area contributed by atoms with Crippen molar-refractivity contribution in [1.29, 1.82) is 0 Å². The van der Waals surface area contributed by atoms with Crippen LogP contribution in [0.15, 0.2) is 61.1 Å². The van der Waals surface area contributed by atoms with Crippen molar-refractivity contribution in [3.8, 4) is 23.3 Å². The van der Waals surface area contributed by atoms with Gasteiger partial charge in [-0.1, -0.05) is 11.8 Å². The lowest BCUT2D eigenvalue weighted by Crippen LogP contribution is -2.29. The van der Waals surface area contributed by atoms with Gasteiger partial charge in [-0.3, -0.25) is 14.6 Å². The molecule has 2 heterocycles. The van der Waals surface area contributed by atoms with Crippen LogP contribution in [0.2, 0.25) is 0 Å². The molecule has 0 aliphatic heterocycles. The van der Waals surface area contributed by atoms with Gasteiger partial charge in [0.1, 0.15) is 23.6 Å². The summed E-state index contributed by atoms with van der Waals surface area (Å²) in [7, 11) is 0. The number of rotatable bonds is 6. The van der Waals surface area contributed by atoms with E-state index in [0.29, 0.717) is 11.6 Å². The number of pyridine rings is 1. The second-order valence-electron chi connectivity index (χ2n) is 7.84. The highest BCUT2D eigenvalue weighted by molar-refractivity contribution is 6.35. The molecule has 4 aromatic rings. The fourth-order valence-electron chi connectivity index (χ4n) is 3.25. The Bertz CT molecular complexity index is 1470. The third-order valence-corrected chi connectivity index (χ3v) is 5.07. The van der Waals surface area contributed by atoms with E-state index in [4.69, 9.17) is 4.74 Å². The Kier molecular flexibility index (Phi) is 6.98. The Hall–Kier alpha value is -4.77. The summed E-state index contributed by atoms with van der Waals surface area (Å²) >= 11 is 0. The molecule has 8 nitrogen and oxygen atoms in total. The standard InChI is InChI=1S/C27H23N5O3/c1-17-13-21(8-11-25(17)35-22-9-6-18(2)29-15-22)32-26-23-14-20(7-10-24(23)30-16-31-26)5-4-12-28-27(34)19(3)33/h6-11,13-16H,12H2,1-3H3,(H,28,34)(H,30,31,32). The lowest BCUT2D eigenvalue weighted by molar-refractivity contribution is -0.136. The van der Waals surface area contributed by atoms with Crippen LogP contribution in [0.4, 0.5) is 11.5 Å². The summed E-state index contributed by atoms with van der Waals surface area (Å²) in [6.07, 6.45) is 3.20. The molecule has 0 atom stereocenters. The van der Waals surface area contributed by atoms with Crippen LogP contribution in [-0.2, 0) is 9.59 Å². The highest BCUT2D eigenvalue weighted by Gasteiger charge is 2.08. The summed E-state index contributed by atoms with van der Waals surface area (Å²) in [5.41, 5.74) is 4.23. The number of Topliss-reactive ketones (excluding diaryl/α,β-unsaturated/α-hetero) is 1. The lowest BCUT2D eigenvalue weighted by atomic mass is 10.1. The van der Waals surface area contributed by atoms with Crippen molar-refractivity contribution >= 4 is 34.1 Å². The van der Waals surface area contributed by atoms with E-state index in [0.717, 1.165) is 39.2 Å². The Morgan fingerprint density at radius 2 is 1.86 bits per heavy atom. The van der Waals surface area contributed by atoms with Crippen LogP contribution in [0, 0.1) is 25.7 Å². The van der Waals surface area contributed by atoms with E-state index >= 15 is 0 Å². The highest BCUT2D eigenvalue weighted by Crippen LogP contribution is 2.29. The molecule has 0 radical (unpaired) electrons. The molecule has 35 heavy (non-hydrogen) atoms. The third-order valence-electron chi connectivity index (χ3n) is 5.07. The van der Waals surface area contributed by atoms with E-state index in [2.05, 4.69) is 37.4 Å². The number of hydrogen-bond donors (Lipinski definition) is 2. The molecule has 2 aromatic heterocycles. The van der Waals surface area contributed by atoms with Crippen LogP contribution < -0.4 is 15.4 Å². The molecule has 2 aromatic carbocycles. The molecule has 1 amide bonds. The van der Waals surface area contributed by atoms with Crippen LogP contribution in [-0.4, -0.2) is 33.2 Å². The molecule has 0 saturated carbocycles. The second-order valence-corrected chi connectivity index (χ2v) is 7.84. The summed E-state index contributed by atoms with van der Waals surface area (Å²) in [4.78, 5) is 35.3.